The predicted octanol–water partition coefficient (Wildman–Crippen LogP) is 1.54. The molecule has 0 unspecified atom stereocenters. The number of carbonyl (C=O) groups is 6. The lowest BCUT2D eigenvalue weighted by Gasteiger charge is -2.33. The summed E-state index contributed by atoms with van der Waals surface area (Å²) in [5, 5.41) is 36.9. The van der Waals surface area contributed by atoms with Crippen molar-refractivity contribution in [2.45, 2.75) is 13.8 Å². The first kappa shape index (κ1) is 33.2. The molecule has 0 atom stereocenters. The number of rotatable bonds is 7. The second-order valence-corrected chi connectivity index (χ2v) is 9.36. The number of piperazine rings is 1. The van der Waals surface area contributed by atoms with Crippen LogP contribution < -0.4 is 5.32 Å². The number of hydrogen-bond donors (Lipinski definition) is 5. The highest BCUT2D eigenvalue weighted by Crippen LogP contribution is 2.38. The van der Waals surface area contributed by atoms with Crippen LogP contribution in [0, 0.1) is 0 Å². The maximum atomic E-state index is 12.6. The molecular formula is C23H29N3O11S2. The van der Waals surface area contributed by atoms with Gasteiger partial charge in [0.2, 0.25) is 5.91 Å². The van der Waals surface area contributed by atoms with Crippen LogP contribution in [0.1, 0.15) is 24.2 Å². The molecule has 16 heteroatoms. The van der Waals surface area contributed by atoms with Crippen molar-refractivity contribution in [3.8, 4) is 10.4 Å². The highest BCUT2D eigenvalue weighted by Gasteiger charge is 2.24. The normalized spacial score (nSPS) is 13.1. The molecule has 1 saturated heterocycles. The Labute approximate surface area is 231 Å². The number of carbonyl (C=O) groups excluding carboxylic acids is 2. The number of nitrogens with zero attached hydrogens (tertiary/aromatic N) is 2. The van der Waals surface area contributed by atoms with Crippen LogP contribution in [0.25, 0.3) is 10.4 Å². The monoisotopic (exact) mass is 587 g/mol. The Bertz CT molecular complexity index is 1090. The van der Waals surface area contributed by atoms with Gasteiger partial charge in [-0.05, 0) is 24.9 Å². The van der Waals surface area contributed by atoms with Crippen LogP contribution in [0.4, 0.5) is 5.00 Å². The molecule has 0 bridgehead atoms. The van der Waals surface area contributed by atoms with Gasteiger partial charge in [0.05, 0.1) is 13.2 Å². The summed E-state index contributed by atoms with van der Waals surface area (Å²) in [5.41, 5.74) is 1.27. The first-order valence-electron chi connectivity index (χ1n) is 11.4. The van der Waals surface area contributed by atoms with Crippen molar-refractivity contribution in [2.75, 3.05) is 51.2 Å². The average molecular weight is 588 g/mol. The summed E-state index contributed by atoms with van der Waals surface area (Å²) in [7, 11) is 0. The number of carboxylic acids is 4. The lowest BCUT2D eigenvalue weighted by molar-refractivity contribution is -0.159. The molecule has 0 aromatic carbocycles. The van der Waals surface area contributed by atoms with E-state index >= 15 is 0 Å². The number of aliphatic carboxylic acids is 4. The second-order valence-electron chi connectivity index (χ2n) is 7.53. The number of thiophene rings is 2. The molecular weight excluding hydrogens is 558 g/mol. The van der Waals surface area contributed by atoms with E-state index in [0.717, 1.165) is 43.2 Å². The first-order valence-corrected chi connectivity index (χ1v) is 13.2. The van der Waals surface area contributed by atoms with Crippen molar-refractivity contribution in [3.05, 3.63) is 28.5 Å². The van der Waals surface area contributed by atoms with E-state index in [0.29, 0.717) is 23.7 Å². The van der Waals surface area contributed by atoms with Gasteiger partial charge in [-0.25, -0.2) is 24.0 Å². The van der Waals surface area contributed by atoms with Crippen molar-refractivity contribution in [1.82, 2.24) is 9.80 Å². The molecule has 1 fully saturated rings. The van der Waals surface area contributed by atoms with Crippen LogP contribution in [0.2, 0.25) is 0 Å². The van der Waals surface area contributed by atoms with E-state index < -0.39 is 29.8 Å². The van der Waals surface area contributed by atoms with E-state index in [1.807, 2.05) is 22.9 Å². The number of esters is 1. The van der Waals surface area contributed by atoms with Gasteiger partial charge in [0.1, 0.15) is 10.6 Å². The molecule has 1 amide bonds. The van der Waals surface area contributed by atoms with E-state index in [1.54, 1.807) is 18.3 Å². The summed E-state index contributed by atoms with van der Waals surface area (Å²) < 4.78 is 5.23. The molecule has 1 aliphatic heterocycles. The lowest BCUT2D eigenvalue weighted by Crippen LogP contribution is -2.48. The minimum atomic E-state index is -1.82. The smallest absolute Gasteiger partial charge is 0.414 e. The molecule has 1 aliphatic rings. The van der Waals surface area contributed by atoms with Crippen LogP contribution in [-0.4, -0.2) is 112 Å². The minimum absolute atomic E-state index is 0.0925. The zero-order valence-electron chi connectivity index (χ0n) is 21.1. The second kappa shape index (κ2) is 16.9. The van der Waals surface area contributed by atoms with E-state index in [-0.39, 0.29) is 5.91 Å². The van der Waals surface area contributed by atoms with Crippen LogP contribution >= 0.6 is 22.7 Å². The van der Waals surface area contributed by atoms with Gasteiger partial charge in [0, 0.05) is 42.0 Å². The molecule has 2 aromatic rings. The van der Waals surface area contributed by atoms with Gasteiger partial charge in [0.25, 0.3) is 0 Å². The Kier molecular flexibility index (Phi) is 14.3. The van der Waals surface area contributed by atoms with Gasteiger partial charge in [-0.3, -0.25) is 9.69 Å². The number of hydrogen-bond acceptors (Lipinski definition) is 11. The quantitative estimate of drug-likeness (QED) is 0.230. The average Bonchev–Trinajstić information content (AvgIpc) is 3.55. The zero-order chi connectivity index (χ0) is 29.5. The molecule has 3 rings (SSSR count). The third kappa shape index (κ3) is 11.6. The summed E-state index contributed by atoms with van der Waals surface area (Å²) in [4.78, 5) is 67.0. The predicted molar refractivity (Wildman–Crippen MR) is 141 cm³/mol. The van der Waals surface area contributed by atoms with Gasteiger partial charge in [-0.15, -0.1) is 22.7 Å². The summed E-state index contributed by atoms with van der Waals surface area (Å²) in [5.74, 6) is -7.78. The topological polar surface area (TPSA) is 211 Å². The van der Waals surface area contributed by atoms with Crippen molar-refractivity contribution in [3.63, 3.8) is 0 Å². The van der Waals surface area contributed by atoms with Crippen molar-refractivity contribution in [2.24, 2.45) is 0 Å². The van der Waals surface area contributed by atoms with E-state index in [4.69, 9.17) is 44.3 Å². The van der Waals surface area contributed by atoms with Gasteiger partial charge in [0.15, 0.2) is 0 Å². The summed E-state index contributed by atoms with van der Waals surface area (Å²) in [6.45, 7) is 9.36. The molecule has 214 valence electrons. The Morgan fingerprint density at radius 3 is 1.85 bits per heavy atom. The van der Waals surface area contributed by atoms with Gasteiger partial charge in [-0.1, -0.05) is 13.0 Å². The maximum Gasteiger partial charge on any atom is 0.414 e. The van der Waals surface area contributed by atoms with Crippen molar-refractivity contribution in [1.29, 1.82) is 0 Å². The molecule has 3 heterocycles. The molecule has 0 aliphatic carbocycles. The summed E-state index contributed by atoms with van der Waals surface area (Å²) in [6.07, 6.45) is 0. The number of anilines is 1. The minimum Gasteiger partial charge on any atom is -0.473 e. The third-order valence-corrected chi connectivity index (χ3v) is 6.75. The highest BCUT2D eigenvalue weighted by atomic mass is 32.1. The van der Waals surface area contributed by atoms with E-state index in [2.05, 4.69) is 22.0 Å². The first-order chi connectivity index (χ1) is 18.4. The number of likely N-dealkylation sites (N-methyl/N-ethyl adjacent to an activating group) is 1. The standard InChI is InChI=1S/C19H25N3O3S2.2C2H2O4/c1-3-21-7-9-22(10-8-21)12-16(23)20-18-17(19(24)25-4-2)14(13-27-18)15-6-5-11-26-15;2*3-1(4)2(5)6/h5-6,11,13H,3-4,7-10,12H2,1-2H3,(H,20,23);2*(H,3,4)(H,5,6). The van der Waals surface area contributed by atoms with Crippen LogP contribution in [0.5, 0.6) is 0 Å². The Morgan fingerprint density at radius 2 is 1.41 bits per heavy atom. The summed E-state index contributed by atoms with van der Waals surface area (Å²) >= 11 is 2.93. The number of ether oxygens (including phenoxy) is 1. The molecule has 0 radical (unpaired) electrons. The number of nitrogens with one attached hydrogen (secondary N) is 1. The van der Waals surface area contributed by atoms with E-state index in [9.17, 15) is 9.59 Å². The number of amides is 1. The van der Waals surface area contributed by atoms with Gasteiger partial charge in [-0.2, -0.15) is 0 Å². The Morgan fingerprint density at radius 1 is 0.872 bits per heavy atom. The van der Waals surface area contributed by atoms with E-state index in [1.165, 1.54) is 11.3 Å². The molecule has 0 spiro atoms. The molecule has 2 aromatic heterocycles. The van der Waals surface area contributed by atoms with Crippen molar-refractivity contribution >= 4 is 63.4 Å². The van der Waals surface area contributed by atoms with Crippen LogP contribution in [0.15, 0.2) is 22.9 Å². The molecule has 5 N–H and O–H groups in total. The number of carboxylic acid groups (broad SMARTS) is 4. The van der Waals surface area contributed by atoms with Crippen molar-refractivity contribution < 1.29 is 53.9 Å². The van der Waals surface area contributed by atoms with Crippen LogP contribution in [0.3, 0.4) is 0 Å². The Balaban J connectivity index is 0.000000530. The molecule has 39 heavy (non-hydrogen) atoms. The molecule has 14 nitrogen and oxygen atoms in total. The maximum absolute atomic E-state index is 12.6. The fourth-order valence-electron chi connectivity index (χ4n) is 3.10. The fourth-order valence-corrected chi connectivity index (χ4v) is 4.89. The Hall–Kier alpha value is -3.86. The fraction of sp³-hybridized carbons (Fsp3) is 0.391. The van der Waals surface area contributed by atoms with Gasteiger partial charge >= 0.3 is 29.8 Å². The lowest BCUT2D eigenvalue weighted by atomic mass is 10.1. The molecule has 0 saturated carbocycles. The summed E-state index contributed by atoms with van der Waals surface area (Å²) in [6, 6.07) is 3.91. The SMILES string of the molecule is CCOC(=O)c1c(-c2cccs2)csc1NC(=O)CN1CCN(CC)CC1.O=C(O)C(=O)O.O=C(O)C(=O)O. The third-order valence-electron chi connectivity index (χ3n) is 4.96. The largest absolute Gasteiger partial charge is 0.473 e. The highest BCUT2D eigenvalue weighted by molar-refractivity contribution is 7.17. The zero-order valence-corrected chi connectivity index (χ0v) is 22.7. The van der Waals surface area contributed by atoms with Crippen LogP contribution in [-0.2, 0) is 28.7 Å². The van der Waals surface area contributed by atoms with Gasteiger partial charge < -0.3 is 35.4 Å².